The number of aryl methyl sites for hydroxylation is 2. The Hall–Kier alpha value is -0.0700. The lowest BCUT2D eigenvalue weighted by Gasteiger charge is -2.12. The molecule has 0 atom stereocenters. The van der Waals surface area contributed by atoms with Crippen LogP contribution in [0.15, 0.2) is 16.6 Å². The second-order valence-electron chi connectivity index (χ2n) is 3.24. The molecule has 84 valence electrons. The van der Waals surface area contributed by atoms with E-state index in [0.717, 1.165) is 15.6 Å². The first-order valence-electron chi connectivity index (χ1n) is 4.19. The van der Waals surface area contributed by atoms with E-state index in [2.05, 4.69) is 36.6 Å². The number of rotatable bonds is 3. The lowest BCUT2D eigenvalue weighted by molar-refractivity contribution is 0.606. The molecule has 0 bridgehead atoms. The van der Waals surface area contributed by atoms with Crippen molar-refractivity contribution in [2.45, 2.75) is 13.8 Å². The van der Waals surface area contributed by atoms with Gasteiger partial charge in [-0.15, -0.1) is 0 Å². The molecule has 0 radical (unpaired) electrons. The quantitative estimate of drug-likeness (QED) is 0.845. The van der Waals surface area contributed by atoms with Gasteiger partial charge in [0.1, 0.15) is 4.66 Å². The summed E-state index contributed by atoms with van der Waals surface area (Å²) in [4.78, 5) is 0. The average Bonchev–Trinajstić information content (AvgIpc) is 2.11. The lowest BCUT2D eigenvalue weighted by Crippen LogP contribution is -2.14. The van der Waals surface area contributed by atoms with Crippen molar-refractivity contribution in [3.8, 4) is 0 Å². The third kappa shape index (κ3) is 3.46. The zero-order valence-corrected chi connectivity index (χ0v) is 12.3. The summed E-state index contributed by atoms with van der Waals surface area (Å²) in [5.41, 5.74) is 2.44. The maximum absolute atomic E-state index is 11.4. The molecular weight excluding hydrogens is 346 g/mol. The maximum atomic E-state index is 11.4. The molecule has 0 spiro atoms. The van der Waals surface area contributed by atoms with Crippen LogP contribution in [0.2, 0.25) is 0 Å². The Kier molecular flexibility index (Phi) is 4.20. The van der Waals surface area contributed by atoms with Gasteiger partial charge in [-0.1, -0.05) is 31.9 Å². The molecule has 6 heteroatoms. The van der Waals surface area contributed by atoms with Crippen LogP contribution in [0.5, 0.6) is 0 Å². The molecule has 1 N–H and O–H groups in total. The number of halogens is 2. The Labute approximate surface area is 107 Å². The molecule has 3 nitrogen and oxygen atoms in total. The Morgan fingerprint density at radius 3 is 2.13 bits per heavy atom. The van der Waals surface area contributed by atoms with Gasteiger partial charge in [0.25, 0.3) is 0 Å². The van der Waals surface area contributed by atoms with E-state index in [9.17, 15) is 8.42 Å². The van der Waals surface area contributed by atoms with E-state index in [0.29, 0.717) is 5.69 Å². The van der Waals surface area contributed by atoms with Crippen LogP contribution in [0.1, 0.15) is 11.1 Å². The molecule has 15 heavy (non-hydrogen) atoms. The van der Waals surface area contributed by atoms with E-state index in [1.54, 1.807) is 0 Å². The monoisotopic (exact) mass is 355 g/mol. The smallest absolute Gasteiger partial charge is 0.242 e. The zero-order valence-electron chi connectivity index (χ0n) is 8.34. The van der Waals surface area contributed by atoms with Crippen LogP contribution in [0, 0.1) is 13.8 Å². The predicted octanol–water partition coefficient (Wildman–Crippen LogP) is 3.16. The molecule has 0 saturated heterocycles. The summed E-state index contributed by atoms with van der Waals surface area (Å²) in [6, 6.07) is 3.75. The number of anilines is 1. The lowest BCUT2D eigenvalue weighted by atomic mass is 10.1. The van der Waals surface area contributed by atoms with Crippen LogP contribution in [-0.2, 0) is 10.0 Å². The predicted molar refractivity (Wildman–Crippen MR) is 70.0 cm³/mol. The summed E-state index contributed by atoms with van der Waals surface area (Å²) in [6.45, 7) is 3.73. The SMILES string of the molecule is Cc1cc(Br)cc(C)c1NS(=O)(=O)CBr. The fraction of sp³-hybridized carbons (Fsp3) is 0.333. The largest absolute Gasteiger partial charge is 0.282 e. The minimum Gasteiger partial charge on any atom is -0.282 e. The summed E-state index contributed by atoms with van der Waals surface area (Å²) >= 11 is 6.29. The molecular formula is C9H11Br2NO2S. The summed E-state index contributed by atoms with van der Waals surface area (Å²) in [5, 5.41) is 0. The molecule has 0 amide bonds. The summed E-state index contributed by atoms with van der Waals surface area (Å²) in [5.74, 6) is 0. The van der Waals surface area contributed by atoms with Gasteiger partial charge in [-0.2, -0.15) is 0 Å². The van der Waals surface area contributed by atoms with Crippen LogP contribution < -0.4 is 4.72 Å². The van der Waals surface area contributed by atoms with Crippen molar-refractivity contribution in [1.82, 2.24) is 0 Å². The molecule has 1 aromatic carbocycles. The van der Waals surface area contributed by atoms with Gasteiger partial charge in [0.15, 0.2) is 0 Å². The first-order chi connectivity index (χ1) is 6.85. The highest BCUT2D eigenvalue weighted by Crippen LogP contribution is 2.26. The Morgan fingerprint density at radius 2 is 1.73 bits per heavy atom. The third-order valence-electron chi connectivity index (χ3n) is 1.90. The maximum Gasteiger partial charge on any atom is 0.242 e. The van der Waals surface area contributed by atoms with Gasteiger partial charge >= 0.3 is 0 Å². The Balaban J connectivity index is 3.17. The number of hydrogen-bond acceptors (Lipinski definition) is 2. The summed E-state index contributed by atoms with van der Waals surface area (Å²) in [6.07, 6.45) is 0. The van der Waals surface area contributed by atoms with Crippen molar-refractivity contribution in [2.75, 3.05) is 9.38 Å². The molecule has 0 aliphatic heterocycles. The van der Waals surface area contributed by atoms with E-state index in [-0.39, 0.29) is 4.66 Å². The highest BCUT2D eigenvalue weighted by Gasteiger charge is 2.12. The van der Waals surface area contributed by atoms with Gasteiger partial charge in [-0.25, -0.2) is 8.42 Å². The number of nitrogens with one attached hydrogen (secondary N) is 1. The molecule has 0 aromatic heterocycles. The number of benzene rings is 1. The van der Waals surface area contributed by atoms with Crippen molar-refractivity contribution >= 4 is 47.6 Å². The van der Waals surface area contributed by atoms with Crippen molar-refractivity contribution < 1.29 is 8.42 Å². The first kappa shape index (κ1) is 13.0. The molecule has 0 unspecified atom stereocenters. The average molecular weight is 357 g/mol. The fourth-order valence-corrected chi connectivity index (χ4v) is 2.97. The van der Waals surface area contributed by atoms with Crippen molar-refractivity contribution in [3.63, 3.8) is 0 Å². The van der Waals surface area contributed by atoms with Crippen molar-refractivity contribution in [2.24, 2.45) is 0 Å². The molecule has 0 saturated carbocycles. The van der Waals surface area contributed by atoms with E-state index in [1.165, 1.54) is 0 Å². The van der Waals surface area contributed by atoms with Gasteiger partial charge in [-0.05, 0) is 37.1 Å². The second-order valence-corrected chi connectivity index (χ2v) is 7.18. The standard InChI is InChI=1S/C9H11Br2NO2S/c1-6-3-8(11)4-7(2)9(6)12-15(13,14)5-10/h3-4,12H,5H2,1-2H3. The topological polar surface area (TPSA) is 46.2 Å². The fourth-order valence-electron chi connectivity index (χ4n) is 1.25. The molecule has 1 aromatic rings. The molecule has 0 aliphatic carbocycles. The second kappa shape index (κ2) is 4.84. The molecule has 0 heterocycles. The normalized spacial score (nSPS) is 11.5. The minimum absolute atomic E-state index is 0.102. The molecule has 1 rings (SSSR count). The van der Waals surface area contributed by atoms with Gasteiger partial charge in [0, 0.05) is 4.47 Å². The third-order valence-corrected chi connectivity index (χ3v) is 4.97. The van der Waals surface area contributed by atoms with E-state index in [4.69, 9.17) is 0 Å². The van der Waals surface area contributed by atoms with Crippen molar-refractivity contribution in [1.29, 1.82) is 0 Å². The zero-order chi connectivity index (χ0) is 11.6. The summed E-state index contributed by atoms with van der Waals surface area (Å²) in [7, 11) is -3.28. The van der Waals surface area contributed by atoms with Gasteiger partial charge in [-0.3, -0.25) is 4.72 Å². The van der Waals surface area contributed by atoms with Gasteiger partial charge < -0.3 is 0 Å². The summed E-state index contributed by atoms with van der Waals surface area (Å²) < 4.78 is 26.2. The minimum atomic E-state index is -3.28. The van der Waals surface area contributed by atoms with Crippen molar-refractivity contribution in [3.05, 3.63) is 27.7 Å². The number of alkyl halides is 1. The van der Waals surface area contributed by atoms with Gasteiger partial charge in [0.2, 0.25) is 10.0 Å². The number of sulfonamides is 1. The van der Waals surface area contributed by atoms with E-state index < -0.39 is 10.0 Å². The van der Waals surface area contributed by atoms with E-state index in [1.807, 2.05) is 26.0 Å². The van der Waals surface area contributed by atoms with Crippen LogP contribution in [-0.4, -0.2) is 13.1 Å². The number of hydrogen-bond donors (Lipinski definition) is 1. The van der Waals surface area contributed by atoms with Gasteiger partial charge in [0.05, 0.1) is 5.69 Å². The highest BCUT2D eigenvalue weighted by atomic mass is 79.9. The molecule has 0 aliphatic rings. The van der Waals surface area contributed by atoms with Crippen LogP contribution in [0.3, 0.4) is 0 Å². The van der Waals surface area contributed by atoms with Crippen LogP contribution in [0.4, 0.5) is 5.69 Å². The Bertz CT molecular complexity index is 448. The van der Waals surface area contributed by atoms with E-state index >= 15 is 0 Å². The van der Waals surface area contributed by atoms with Crippen LogP contribution >= 0.6 is 31.9 Å². The van der Waals surface area contributed by atoms with Crippen LogP contribution in [0.25, 0.3) is 0 Å². The Morgan fingerprint density at radius 1 is 1.27 bits per heavy atom. The first-order valence-corrected chi connectivity index (χ1v) is 7.75. The highest BCUT2D eigenvalue weighted by molar-refractivity contribution is 9.11. The molecule has 0 fully saturated rings.